The third kappa shape index (κ3) is 3.15. The van der Waals surface area contributed by atoms with Gasteiger partial charge in [-0.1, -0.05) is 37.5 Å². The number of furan rings is 1. The summed E-state index contributed by atoms with van der Waals surface area (Å²) < 4.78 is 32.1. The van der Waals surface area contributed by atoms with Gasteiger partial charge in [-0.3, -0.25) is 4.21 Å². The molecule has 1 fully saturated rings. The zero-order valence-corrected chi connectivity index (χ0v) is 15.1. The second-order valence-electron chi connectivity index (χ2n) is 6.82. The average Bonchev–Trinajstić information content (AvgIpc) is 3.01. The third-order valence-corrected chi connectivity index (χ3v) is 6.10. The second kappa shape index (κ2) is 6.75. The van der Waals surface area contributed by atoms with Crippen molar-refractivity contribution in [1.29, 1.82) is 0 Å². The van der Waals surface area contributed by atoms with E-state index in [1.54, 1.807) is 18.4 Å². The quantitative estimate of drug-likeness (QED) is 0.574. The Morgan fingerprint density at radius 3 is 2.60 bits per heavy atom. The fourth-order valence-corrected chi connectivity index (χ4v) is 4.78. The molecule has 3 aromatic rings. The number of hydrogen-bond donors (Lipinski definition) is 0. The first-order valence-corrected chi connectivity index (χ1v) is 10.3. The molecule has 4 rings (SSSR count). The Kier molecular flexibility index (Phi) is 4.46. The highest BCUT2D eigenvalue weighted by Gasteiger charge is 2.22. The molecule has 1 aromatic heterocycles. The van der Waals surface area contributed by atoms with Crippen LogP contribution in [0.5, 0.6) is 0 Å². The molecule has 1 aliphatic rings. The van der Waals surface area contributed by atoms with Gasteiger partial charge in [0.25, 0.3) is 0 Å². The molecule has 25 heavy (non-hydrogen) atoms. The summed E-state index contributed by atoms with van der Waals surface area (Å²) in [6, 6.07) is 12.5. The van der Waals surface area contributed by atoms with Gasteiger partial charge < -0.3 is 4.42 Å². The van der Waals surface area contributed by atoms with Gasteiger partial charge in [0.05, 0.1) is 15.7 Å². The van der Waals surface area contributed by atoms with E-state index in [-0.39, 0.29) is 5.82 Å². The van der Waals surface area contributed by atoms with E-state index in [0.717, 1.165) is 5.39 Å². The zero-order chi connectivity index (χ0) is 17.4. The lowest BCUT2D eigenvalue weighted by Crippen LogP contribution is -2.04. The molecule has 0 bridgehead atoms. The van der Waals surface area contributed by atoms with Crippen molar-refractivity contribution in [1.82, 2.24) is 0 Å². The number of benzene rings is 2. The minimum atomic E-state index is -1.22. The Morgan fingerprint density at radius 2 is 1.88 bits per heavy atom. The van der Waals surface area contributed by atoms with Crippen LogP contribution < -0.4 is 0 Å². The van der Waals surface area contributed by atoms with Gasteiger partial charge in [0.2, 0.25) is 0 Å². The van der Waals surface area contributed by atoms with E-state index < -0.39 is 10.8 Å². The van der Waals surface area contributed by atoms with Crippen LogP contribution in [0.1, 0.15) is 43.6 Å². The monoisotopic (exact) mass is 356 g/mol. The molecule has 2 aromatic carbocycles. The molecule has 0 spiro atoms. The summed E-state index contributed by atoms with van der Waals surface area (Å²) in [6.45, 7) is 0. The van der Waals surface area contributed by atoms with E-state index in [2.05, 4.69) is 12.1 Å². The van der Waals surface area contributed by atoms with Crippen LogP contribution in [0.15, 0.2) is 51.8 Å². The van der Waals surface area contributed by atoms with Gasteiger partial charge >= 0.3 is 0 Å². The third-order valence-electron chi connectivity index (χ3n) is 5.12. The average molecular weight is 356 g/mol. The maximum absolute atomic E-state index is 13.6. The van der Waals surface area contributed by atoms with Gasteiger partial charge in [-0.15, -0.1) is 0 Å². The molecule has 130 valence electrons. The first kappa shape index (κ1) is 16.5. The molecule has 1 atom stereocenters. The molecule has 0 N–H and O–H groups in total. The molecule has 0 aliphatic heterocycles. The van der Waals surface area contributed by atoms with Crippen molar-refractivity contribution in [3.05, 3.63) is 53.8 Å². The highest BCUT2D eigenvalue weighted by atomic mass is 32.2. The number of rotatable bonds is 3. The number of fused-ring (bicyclic) bond motifs is 1. The molecule has 1 heterocycles. The molecule has 1 aliphatic carbocycles. The lowest BCUT2D eigenvalue weighted by Gasteiger charge is -2.21. The second-order valence-corrected chi connectivity index (χ2v) is 8.13. The summed E-state index contributed by atoms with van der Waals surface area (Å²) in [4.78, 5) is 0.665. The predicted molar refractivity (Wildman–Crippen MR) is 99.8 cm³/mol. The van der Waals surface area contributed by atoms with Crippen LogP contribution in [0.4, 0.5) is 4.39 Å². The van der Waals surface area contributed by atoms with Crippen LogP contribution in [0.25, 0.3) is 22.3 Å². The lowest BCUT2D eigenvalue weighted by molar-refractivity contribution is 0.444. The molecule has 0 amide bonds. The van der Waals surface area contributed by atoms with Gasteiger partial charge in [0.15, 0.2) is 5.76 Å². The number of halogens is 1. The summed E-state index contributed by atoms with van der Waals surface area (Å²) in [6.07, 6.45) is 7.94. The van der Waals surface area contributed by atoms with Gasteiger partial charge in [-0.05, 0) is 48.6 Å². The Morgan fingerprint density at radius 1 is 1.08 bits per heavy atom. The van der Waals surface area contributed by atoms with Crippen LogP contribution >= 0.6 is 0 Å². The highest BCUT2D eigenvalue weighted by Crippen LogP contribution is 2.39. The van der Waals surface area contributed by atoms with Crippen molar-refractivity contribution in [2.75, 3.05) is 6.26 Å². The van der Waals surface area contributed by atoms with Crippen LogP contribution in [0.3, 0.4) is 0 Å². The van der Waals surface area contributed by atoms with Crippen LogP contribution in [-0.2, 0) is 10.8 Å². The van der Waals surface area contributed by atoms with Gasteiger partial charge in [0.1, 0.15) is 11.4 Å². The molecule has 0 saturated heterocycles. The van der Waals surface area contributed by atoms with Crippen molar-refractivity contribution in [2.24, 2.45) is 0 Å². The molecule has 2 nitrogen and oxygen atoms in total. The van der Waals surface area contributed by atoms with Gasteiger partial charge in [0, 0.05) is 17.2 Å². The van der Waals surface area contributed by atoms with E-state index >= 15 is 0 Å². The minimum absolute atomic E-state index is 0.325. The molecular weight excluding hydrogens is 335 g/mol. The Hall–Kier alpha value is -1.94. The Labute approximate surface area is 149 Å². The van der Waals surface area contributed by atoms with E-state index in [1.807, 2.05) is 6.07 Å². The normalized spacial score (nSPS) is 17.0. The van der Waals surface area contributed by atoms with Crippen molar-refractivity contribution < 1.29 is 13.0 Å². The SMILES string of the molecule is C[S@](=O)c1c(-c2cccc(F)c2)oc2ccc(C3CCCCC3)cc12. The molecule has 1 saturated carbocycles. The highest BCUT2D eigenvalue weighted by molar-refractivity contribution is 7.84. The molecular formula is C21H21FO2S. The molecule has 0 radical (unpaired) electrons. The first-order chi connectivity index (χ1) is 12.1. The van der Waals surface area contributed by atoms with E-state index in [4.69, 9.17) is 4.42 Å². The fraction of sp³-hybridized carbons (Fsp3) is 0.333. The maximum Gasteiger partial charge on any atom is 0.151 e. The van der Waals surface area contributed by atoms with Crippen molar-refractivity contribution in [3.8, 4) is 11.3 Å². The number of hydrogen-bond acceptors (Lipinski definition) is 2. The topological polar surface area (TPSA) is 30.2 Å². The summed E-state index contributed by atoms with van der Waals surface area (Å²) in [5.74, 6) is 0.758. The zero-order valence-electron chi connectivity index (χ0n) is 14.3. The molecule has 0 unspecified atom stereocenters. The summed E-state index contributed by atoms with van der Waals surface area (Å²) in [5.41, 5.74) is 2.63. The fourth-order valence-electron chi connectivity index (χ4n) is 3.89. The summed E-state index contributed by atoms with van der Waals surface area (Å²) in [7, 11) is -1.22. The van der Waals surface area contributed by atoms with Crippen molar-refractivity contribution >= 4 is 21.8 Å². The van der Waals surface area contributed by atoms with E-state index in [1.165, 1.54) is 49.8 Å². The maximum atomic E-state index is 13.6. The summed E-state index contributed by atoms with van der Waals surface area (Å²) in [5, 5.41) is 0.892. The van der Waals surface area contributed by atoms with Crippen molar-refractivity contribution in [3.63, 3.8) is 0 Å². The van der Waals surface area contributed by atoms with E-state index in [0.29, 0.717) is 27.7 Å². The predicted octanol–water partition coefficient (Wildman–Crippen LogP) is 6.02. The smallest absolute Gasteiger partial charge is 0.151 e. The van der Waals surface area contributed by atoms with E-state index in [9.17, 15) is 8.60 Å². The van der Waals surface area contributed by atoms with Crippen LogP contribution in [-0.4, -0.2) is 10.5 Å². The minimum Gasteiger partial charge on any atom is -0.455 e. The van der Waals surface area contributed by atoms with Crippen LogP contribution in [0, 0.1) is 5.82 Å². The van der Waals surface area contributed by atoms with Crippen molar-refractivity contribution in [2.45, 2.75) is 42.9 Å². The Balaban J connectivity index is 1.87. The summed E-state index contributed by atoms with van der Waals surface area (Å²) >= 11 is 0. The first-order valence-electron chi connectivity index (χ1n) is 8.79. The standard InChI is InChI=1S/C21H21FO2S/c1-25(23)21-18-13-15(14-6-3-2-4-7-14)10-11-19(18)24-20(21)16-8-5-9-17(22)12-16/h5,8-14H,2-4,6-7H2,1H3/t25-/m0/s1. The lowest BCUT2D eigenvalue weighted by atomic mass is 9.84. The molecule has 4 heteroatoms. The van der Waals surface area contributed by atoms with Crippen LogP contribution in [0.2, 0.25) is 0 Å². The Bertz CT molecular complexity index is 938. The largest absolute Gasteiger partial charge is 0.455 e. The van der Waals surface area contributed by atoms with Gasteiger partial charge in [-0.2, -0.15) is 0 Å². The van der Waals surface area contributed by atoms with Gasteiger partial charge in [-0.25, -0.2) is 4.39 Å².